The number of hydrogen-bond acceptors (Lipinski definition) is 4. The first kappa shape index (κ1) is 17.5. The van der Waals surface area contributed by atoms with E-state index < -0.39 is 12.0 Å². The Kier molecular flexibility index (Phi) is 6.35. The molecular formula is C19H21N3O2. The molecule has 4 N–H and O–H groups in total. The van der Waals surface area contributed by atoms with Crippen LogP contribution in [0.25, 0.3) is 11.1 Å². The molecule has 0 aromatic heterocycles. The highest BCUT2D eigenvalue weighted by molar-refractivity contribution is 5.77. The van der Waals surface area contributed by atoms with E-state index in [2.05, 4.69) is 11.4 Å². The number of nitrogens with two attached hydrogens (primary N) is 1. The average molecular weight is 323 g/mol. The van der Waals surface area contributed by atoms with Crippen molar-refractivity contribution in [1.29, 1.82) is 5.26 Å². The van der Waals surface area contributed by atoms with E-state index >= 15 is 0 Å². The van der Waals surface area contributed by atoms with Gasteiger partial charge in [0.15, 0.2) is 0 Å². The Balaban J connectivity index is 2.04. The Morgan fingerprint density at radius 3 is 2.17 bits per heavy atom. The molecule has 0 amide bonds. The zero-order chi connectivity index (χ0) is 17.4. The van der Waals surface area contributed by atoms with Gasteiger partial charge in [0.05, 0.1) is 11.6 Å². The van der Waals surface area contributed by atoms with Crippen molar-refractivity contribution in [1.82, 2.24) is 0 Å². The van der Waals surface area contributed by atoms with Gasteiger partial charge in [0.25, 0.3) is 0 Å². The molecule has 0 bridgehead atoms. The summed E-state index contributed by atoms with van der Waals surface area (Å²) in [6.07, 6.45) is 2.15. The topological polar surface area (TPSA) is 99.1 Å². The lowest BCUT2D eigenvalue weighted by Crippen LogP contribution is -2.29. The summed E-state index contributed by atoms with van der Waals surface area (Å²) in [5, 5.41) is 21.2. The van der Waals surface area contributed by atoms with Crippen LogP contribution >= 0.6 is 0 Å². The first-order valence-electron chi connectivity index (χ1n) is 7.94. The van der Waals surface area contributed by atoms with Gasteiger partial charge in [0.2, 0.25) is 0 Å². The Labute approximate surface area is 141 Å². The summed E-state index contributed by atoms with van der Waals surface area (Å²) in [6, 6.07) is 16.4. The normalized spacial score (nSPS) is 11.5. The summed E-state index contributed by atoms with van der Waals surface area (Å²) in [7, 11) is 0. The highest BCUT2D eigenvalue weighted by Crippen LogP contribution is 2.22. The van der Waals surface area contributed by atoms with Crippen LogP contribution in [0, 0.1) is 11.3 Å². The lowest BCUT2D eigenvalue weighted by Gasteiger charge is -2.16. The maximum Gasteiger partial charge on any atom is 0.326 e. The van der Waals surface area contributed by atoms with Crippen LogP contribution in [0.1, 0.15) is 24.8 Å². The van der Waals surface area contributed by atoms with Gasteiger partial charge in [-0.3, -0.25) is 0 Å². The van der Waals surface area contributed by atoms with E-state index in [4.69, 9.17) is 11.0 Å². The molecule has 5 heteroatoms. The SMILES string of the molecule is N#Cc1ccc(-c2ccc(N[C@@H](CCCCN)C(=O)O)cc2)cc1. The highest BCUT2D eigenvalue weighted by atomic mass is 16.4. The van der Waals surface area contributed by atoms with Crippen molar-refractivity contribution >= 4 is 11.7 Å². The smallest absolute Gasteiger partial charge is 0.326 e. The predicted molar refractivity (Wildman–Crippen MR) is 94.5 cm³/mol. The van der Waals surface area contributed by atoms with E-state index in [0.29, 0.717) is 18.5 Å². The monoisotopic (exact) mass is 323 g/mol. The number of carbonyl (C=O) groups is 1. The van der Waals surface area contributed by atoms with E-state index in [1.54, 1.807) is 12.1 Å². The van der Waals surface area contributed by atoms with Crippen molar-refractivity contribution in [2.75, 3.05) is 11.9 Å². The van der Waals surface area contributed by atoms with Crippen LogP contribution in [0.4, 0.5) is 5.69 Å². The van der Waals surface area contributed by atoms with Crippen molar-refractivity contribution < 1.29 is 9.90 Å². The second-order valence-corrected chi connectivity index (χ2v) is 5.59. The summed E-state index contributed by atoms with van der Waals surface area (Å²) in [5.74, 6) is -0.858. The third-order valence-corrected chi connectivity index (χ3v) is 3.82. The number of carboxylic acid groups (broad SMARTS) is 1. The van der Waals surface area contributed by atoms with Crippen LogP contribution in [-0.2, 0) is 4.79 Å². The maximum atomic E-state index is 11.3. The first-order chi connectivity index (χ1) is 11.6. The Morgan fingerprint density at radius 2 is 1.67 bits per heavy atom. The molecule has 0 aliphatic heterocycles. The fourth-order valence-corrected chi connectivity index (χ4v) is 2.45. The molecular weight excluding hydrogens is 302 g/mol. The third kappa shape index (κ3) is 4.83. The van der Waals surface area contributed by atoms with Crippen molar-refractivity contribution in [3.8, 4) is 17.2 Å². The minimum atomic E-state index is -0.858. The molecule has 0 aliphatic carbocycles. The Bertz CT molecular complexity index is 703. The molecule has 24 heavy (non-hydrogen) atoms. The lowest BCUT2D eigenvalue weighted by atomic mass is 10.0. The van der Waals surface area contributed by atoms with E-state index in [-0.39, 0.29) is 0 Å². The largest absolute Gasteiger partial charge is 0.480 e. The van der Waals surface area contributed by atoms with Gasteiger partial charge in [-0.1, -0.05) is 24.3 Å². The fraction of sp³-hybridized carbons (Fsp3) is 0.263. The summed E-state index contributed by atoms with van der Waals surface area (Å²) in [4.78, 5) is 11.3. The average Bonchev–Trinajstić information content (AvgIpc) is 2.61. The van der Waals surface area contributed by atoms with Crippen molar-refractivity contribution in [2.45, 2.75) is 25.3 Å². The molecule has 0 radical (unpaired) electrons. The highest BCUT2D eigenvalue weighted by Gasteiger charge is 2.16. The van der Waals surface area contributed by atoms with Crippen molar-refractivity contribution in [3.05, 3.63) is 54.1 Å². The standard InChI is InChI=1S/C19H21N3O2/c20-12-2-1-3-18(19(23)24)22-17-10-8-16(9-11-17)15-6-4-14(13-21)5-7-15/h4-11,18,22H,1-3,12,20H2,(H,23,24)/t18-/m0/s1. The molecule has 0 heterocycles. The van der Waals surface area contributed by atoms with Gasteiger partial charge in [0, 0.05) is 5.69 Å². The number of aliphatic carboxylic acids is 1. The fourth-order valence-electron chi connectivity index (χ4n) is 2.45. The number of carboxylic acids is 1. The van der Waals surface area contributed by atoms with Gasteiger partial charge >= 0.3 is 5.97 Å². The molecule has 0 spiro atoms. The van der Waals surface area contributed by atoms with Crippen LogP contribution in [0.15, 0.2) is 48.5 Å². The van der Waals surface area contributed by atoms with Crippen LogP contribution in [0.3, 0.4) is 0 Å². The van der Waals surface area contributed by atoms with Crippen LogP contribution in [0.2, 0.25) is 0 Å². The minimum Gasteiger partial charge on any atom is -0.480 e. The number of hydrogen-bond donors (Lipinski definition) is 3. The molecule has 2 aromatic rings. The first-order valence-corrected chi connectivity index (χ1v) is 7.94. The number of rotatable bonds is 8. The van der Waals surface area contributed by atoms with Gasteiger partial charge in [-0.25, -0.2) is 4.79 Å². The molecule has 0 fully saturated rings. The van der Waals surface area contributed by atoms with E-state index in [1.165, 1.54) is 0 Å². The van der Waals surface area contributed by atoms with E-state index in [1.807, 2.05) is 36.4 Å². The molecule has 1 atom stereocenters. The maximum absolute atomic E-state index is 11.3. The van der Waals surface area contributed by atoms with Crippen molar-refractivity contribution in [2.24, 2.45) is 5.73 Å². The summed E-state index contributed by atoms with van der Waals surface area (Å²) >= 11 is 0. The zero-order valence-electron chi connectivity index (χ0n) is 13.4. The quantitative estimate of drug-likeness (QED) is 0.648. The van der Waals surface area contributed by atoms with Crippen LogP contribution in [-0.4, -0.2) is 23.7 Å². The number of nitrogens with zero attached hydrogens (tertiary/aromatic N) is 1. The lowest BCUT2D eigenvalue weighted by molar-refractivity contribution is -0.138. The van der Waals surface area contributed by atoms with Crippen molar-refractivity contribution in [3.63, 3.8) is 0 Å². The molecule has 5 nitrogen and oxygen atoms in total. The van der Waals surface area contributed by atoms with Gasteiger partial charge in [-0.2, -0.15) is 5.26 Å². The summed E-state index contributed by atoms with van der Waals surface area (Å²) in [5.41, 5.74) is 8.87. The number of unbranched alkanes of at least 4 members (excludes halogenated alkanes) is 1. The second-order valence-electron chi connectivity index (χ2n) is 5.59. The molecule has 0 unspecified atom stereocenters. The molecule has 0 saturated carbocycles. The van der Waals surface area contributed by atoms with E-state index in [9.17, 15) is 9.90 Å². The number of nitrogens with one attached hydrogen (secondary N) is 1. The Hall–Kier alpha value is -2.84. The number of nitriles is 1. The molecule has 2 rings (SSSR count). The number of benzene rings is 2. The molecule has 0 saturated heterocycles. The van der Waals surface area contributed by atoms with Gasteiger partial charge < -0.3 is 16.2 Å². The number of anilines is 1. The Morgan fingerprint density at radius 1 is 1.08 bits per heavy atom. The third-order valence-electron chi connectivity index (χ3n) is 3.82. The van der Waals surface area contributed by atoms with Gasteiger partial charge in [-0.15, -0.1) is 0 Å². The van der Waals surface area contributed by atoms with Crippen LogP contribution < -0.4 is 11.1 Å². The minimum absolute atomic E-state index is 0.546. The van der Waals surface area contributed by atoms with E-state index in [0.717, 1.165) is 29.7 Å². The van der Waals surface area contributed by atoms with Crippen LogP contribution in [0.5, 0.6) is 0 Å². The molecule has 0 aliphatic rings. The summed E-state index contributed by atoms with van der Waals surface area (Å²) < 4.78 is 0. The van der Waals surface area contributed by atoms with Gasteiger partial charge in [-0.05, 0) is 61.2 Å². The van der Waals surface area contributed by atoms with Gasteiger partial charge in [0.1, 0.15) is 6.04 Å². The zero-order valence-corrected chi connectivity index (χ0v) is 13.4. The molecule has 2 aromatic carbocycles. The molecule has 124 valence electrons. The summed E-state index contributed by atoms with van der Waals surface area (Å²) in [6.45, 7) is 0.575. The predicted octanol–water partition coefficient (Wildman–Crippen LogP) is 3.22. The second kappa shape index (κ2) is 8.70.